The predicted octanol–water partition coefficient (Wildman–Crippen LogP) is 2.27. The molecule has 0 bridgehead atoms. The van der Waals surface area contributed by atoms with Gasteiger partial charge in [-0.1, -0.05) is 25.6 Å². The minimum atomic E-state index is 0.325. The average Bonchev–Trinajstić information content (AvgIpc) is 3.00. The van der Waals surface area contributed by atoms with Gasteiger partial charge in [0.1, 0.15) is 5.82 Å². The SMILES string of the molecule is CSc1nnc(CN(C)CC(C)C)n1CC1CCCO1. The summed E-state index contributed by atoms with van der Waals surface area (Å²) in [6, 6.07) is 0. The number of nitrogens with zero attached hydrogens (tertiary/aromatic N) is 4. The molecule has 1 aromatic heterocycles. The third-order valence-electron chi connectivity index (χ3n) is 3.47. The number of ether oxygens (including phenoxy) is 1. The Labute approximate surface area is 126 Å². The summed E-state index contributed by atoms with van der Waals surface area (Å²) in [5, 5.41) is 9.67. The lowest BCUT2D eigenvalue weighted by Gasteiger charge is -2.20. The summed E-state index contributed by atoms with van der Waals surface area (Å²) in [7, 11) is 2.14. The quantitative estimate of drug-likeness (QED) is 0.723. The summed E-state index contributed by atoms with van der Waals surface area (Å²) in [6.07, 6.45) is 4.69. The van der Waals surface area contributed by atoms with Gasteiger partial charge >= 0.3 is 0 Å². The third kappa shape index (κ3) is 4.20. The first-order valence-corrected chi connectivity index (χ1v) is 8.58. The second kappa shape index (κ2) is 7.43. The van der Waals surface area contributed by atoms with Crippen LogP contribution in [0.1, 0.15) is 32.5 Å². The van der Waals surface area contributed by atoms with Crippen LogP contribution in [0.3, 0.4) is 0 Å². The van der Waals surface area contributed by atoms with Gasteiger partial charge in [-0.25, -0.2) is 0 Å². The van der Waals surface area contributed by atoms with Crippen LogP contribution in [-0.4, -0.2) is 52.2 Å². The molecule has 2 rings (SSSR count). The van der Waals surface area contributed by atoms with E-state index in [1.165, 1.54) is 6.42 Å². The van der Waals surface area contributed by atoms with E-state index in [2.05, 4.69) is 46.8 Å². The van der Waals surface area contributed by atoms with Gasteiger partial charge in [-0.3, -0.25) is 4.90 Å². The fourth-order valence-corrected chi connectivity index (χ4v) is 3.21. The van der Waals surface area contributed by atoms with E-state index >= 15 is 0 Å². The molecule has 0 saturated carbocycles. The molecule has 114 valence electrons. The molecule has 0 radical (unpaired) electrons. The van der Waals surface area contributed by atoms with E-state index in [-0.39, 0.29) is 0 Å². The molecule has 1 atom stereocenters. The number of rotatable bonds is 7. The Kier molecular flexibility index (Phi) is 5.86. The average molecular weight is 298 g/mol. The number of hydrogen-bond donors (Lipinski definition) is 0. The maximum atomic E-state index is 5.75. The highest BCUT2D eigenvalue weighted by atomic mass is 32.2. The maximum absolute atomic E-state index is 5.75. The molecule has 5 nitrogen and oxygen atoms in total. The van der Waals surface area contributed by atoms with E-state index in [4.69, 9.17) is 4.74 Å². The van der Waals surface area contributed by atoms with Gasteiger partial charge in [0.25, 0.3) is 0 Å². The lowest BCUT2D eigenvalue weighted by molar-refractivity contribution is 0.0934. The van der Waals surface area contributed by atoms with Gasteiger partial charge in [-0.2, -0.15) is 0 Å². The van der Waals surface area contributed by atoms with E-state index in [0.29, 0.717) is 12.0 Å². The predicted molar refractivity (Wildman–Crippen MR) is 81.9 cm³/mol. The zero-order chi connectivity index (χ0) is 14.5. The molecule has 20 heavy (non-hydrogen) atoms. The summed E-state index contributed by atoms with van der Waals surface area (Å²) in [5.74, 6) is 1.71. The van der Waals surface area contributed by atoms with Gasteiger partial charge in [0.05, 0.1) is 19.2 Å². The van der Waals surface area contributed by atoms with Gasteiger partial charge in [-0.05, 0) is 32.1 Å². The van der Waals surface area contributed by atoms with Gasteiger partial charge in [0.15, 0.2) is 5.16 Å². The Morgan fingerprint density at radius 1 is 1.45 bits per heavy atom. The van der Waals surface area contributed by atoms with Crippen LogP contribution in [0.15, 0.2) is 5.16 Å². The minimum Gasteiger partial charge on any atom is -0.376 e. The van der Waals surface area contributed by atoms with Crippen molar-refractivity contribution in [1.82, 2.24) is 19.7 Å². The molecule has 2 heterocycles. The molecular formula is C14H26N4OS. The second-order valence-corrected chi connectivity index (χ2v) is 6.71. The highest BCUT2D eigenvalue weighted by molar-refractivity contribution is 7.98. The largest absolute Gasteiger partial charge is 0.376 e. The molecule has 0 aromatic carbocycles. The van der Waals surface area contributed by atoms with Gasteiger partial charge in [0, 0.05) is 13.2 Å². The molecule has 1 saturated heterocycles. The van der Waals surface area contributed by atoms with Crippen LogP contribution in [0.5, 0.6) is 0 Å². The van der Waals surface area contributed by atoms with Crippen molar-refractivity contribution < 1.29 is 4.74 Å². The number of hydrogen-bond acceptors (Lipinski definition) is 5. The van der Waals surface area contributed by atoms with Crippen molar-refractivity contribution in [2.24, 2.45) is 5.92 Å². The Hall–Kier alpha value is -0.590. The van der Waals surface area contributed by atoms with Crippen molar-refractivity contribution in [3.05, 3.63) is 5.82 Å². The highest BCUT2D eigenvalue weighted by Crippen LogP contribution is 2.20. The van der Waals surface area contributed by atoms with Crippen LogP contribution in [0, 0.1) is 5.92 Å². The van der Waals surface area contributed by atoms with Crippen molar-refractivity contribution in [3.63, 3.8) is 0 Å². The normalized spacial score (nSPS) is 19.4. The van der Waals surface area contributed by atoms with Crippen LogP contribution in [-0.2, 0) is 17.8 Å². The number of aromatic nitrogens is 3. The molecular weight excluding hydrogens is 272 g/mol. The van der Waals surface area contributed by atoms with E-state index in [9.17, 15) is 0 Å². The first-order chi connectivity index (χ1) is 9.60. The van der Waals surface area contributed by atoms with Gasteiger partial charge in [-0.15, -0.1) is 10.2 Å². The van der Waals surface area contributed by atoms with Gasteiger partial charge in [0.2, 0.25) is 0 Å². The molecule has 1 aliphatic heterocycles. The minimum absolute atomic E-state index is 0.325. The summed E-state index contributed by atoms with van der Waals surface area (Å²) >= 11 is 1.66. The topological polar surface area (TPSA) is 43.2 Å². The lowest BCUT2D eigenvalue weighted by Crippen LogP contribution is -2.26. The van der Waals surface area contributed by atoms with Crippen LogP contribution < -0.4 is 0 Å². The fraction of sp³-hybridized carbons (Fsp3) is 0.857. The Morgan fingerprint density at radius 2 is 2.25 bits per heavy atom. The summed E-state index contributed by atoms with van der Waals surface area (Å²) in [6.45, 7) is 8.17. The Balaban J connectivity index is 2.05. The van der Waals surface area contributed by atoms with Crippen molar-refractivity contribution in [3.8, 4) is 0 Å². The summed E-state index contributed by atoms with van der Waals surface area (Å²) < 4.78 is 7.98. The zero-order valence-electron chi connectivity index (χ0n) is 13.0. The van der Waals surface area contributed by atoms with E-state index < -0.39 is 0 Å². The Bertz CT molecular complexity index is 415. The first kappa shape index (κ1) is 15.8. The summed E-state index contributed by atoms with van der Waals surface area (Å²) in [5.41, 5.74) is 0. The molecule has 0 amide bonds. The molecule has 0 N–H and O–H groups in total. The maximum Gasteiger partial charge on any atom is 0.191 e. The van der Waals surface area contributed by atoms with Crippen molar-refractivity contribution in [2.45, 2.75) is 51.0 Å². The molecule has 1 unspecified atom stereocenters. The highest BCUT2D eigenvalue weighted by Gasteiger charge is 2.21. The monoisotopic (exact) mass is 298 g/mol. The van der Waals surface area contributed by atoms with E-state index in [1.807, 2.05) is 0 Å². The van der Waals surface area contributed by atoms with Gasteiger partial charge < -0.3 is 9.30 Å². The van der Waals surface area contributed by atoms with Crippen LogP contribution >= 0.6 is 11.8 Å². The smallest absolute Gasteiger partial charge is 0.191 e. The van der Waals surface area contributed by atoms with Crippen molar-refractivity contribution in [1.29, 1.82) is 0 Å². The summed E-state index contributed by atoms with van der Waals surface area (Å²) in [4.78, 5) is 2.31. The molecule has 1 fully saturated rings. The van der Waals surface area contributed by atoms with Crippen LogP contribution in [0.25, 0.3) is 0 Å². The molecule has 1 aromatic rings. The standard InChI is InChI=1S/C14H26N4OS/c1-11(2)8-17(3)10-13-15-16-14(20-4)18(13)9-12-6-5-7-19-12/h11-12H,5-10H2,1-4H3. The molecule has 1 aliphatic rings. The lowest BCUT2D eigenvalue weighted by atomic mass is 10.2. The van der Waals surface area contributed by atoms with Crippen molar-refractivity contribution >= 4 is 11.8 Å². The van der Waals surface area contributed by atoms with Crippen LogP contribution in [0.2, 0.25) is 0 Å². The van der Waals surface area contributed by atoms with E-state index in [1.54, 1.807) is 11.8 Å². The number of thioether (sulfide) groups is 1. The van der Waals surface area contributed by atoms with E-state index in [0.717, 1.165) is 43.6 Å². The zero-order valence-corrected chi connectivity index (χ0v) is 13.8. The molecule has 0 aliphatic carbocycles. The third-order valence-corrected chi connectivity index (χ3v) is 4.14. The molecule has 0 spiro atoms. The fourth-order valence-electron chi connectivity index (χ4n) is 2.69. The second-order valence-electron chi connectivity index (χ2n) is 5.94. The molecule has 6 heteroatoms. The Morgan fingerprint density at radius 3 is 2.85 bits per heavy atom. The first-order valence-electron chi connectivity index (χ1n) is 7.36. The van der Waals surface area contributed by atoms with Crippen molar-refractivity contribution in [2.75, 3.05) is 26.5 Å². The van der Waals surface area contributed by atoms with Crippen LogP contribution in [0.4, 0.5) is 0 Å².